The molecule has 0 saturated carbocycles. The third-order valence-electron chi connectivity index (χ3n) is 3.43. The van der Waals surface area contributed by atoms with Crippen molar-refractivity contribution in [3.8, 4) is 0 Å². The van der Waals surface area contributed by atoms with Gasteiger partial charge in [0, 0.05) is 5.69 Å². The minimum absolute atomic E-state index is 0.230. The zero-order chi connectivity index (χ0) is 17.0. The first-order chi connectivity index (χ1) is 10.9. The molecular weight excluding hydrogens is 314 g/mol. The first-order valence-corrected chi connectivity index (χ1v) is 7.98. The van der Waals surface area contributed by atoms with Gasteiger partial charge in [0.25, 0.3) is 5.91 Å². The monoisotopic (exact) mass is 333 g/mol. The zero-order valence-electron chi connectivity index (χ0n) is 13.3. The maximum absolute atomic E-state index is 12.0. The standard InChI is InChI=1S/C16H19N3O3S/c1-4-11-7-5-6-9(2)14(11)18-12(20)8-22-16(21)13-10(3)19-23-15(13)17/h5-7H,4,8,17H2,1-3H3,(H,18,20). The SMILES string of the molecule is CCc1cccc(C)c1NC(=O)COC(=O)c1c(C)nsc1N. The molecule has 0 spiro atoms. The van der Waals surface area contributed by atoms with Crippen molar-refractivity contribution in [1.29, 1.82) is 0 Å². The van der Waals surface area contributed by atoms with Crippen molar-refractivity contribution < 1.29 is 14.3 Å². The number of nitrogens with zero attached hydrogens (tertiary/aromatic N) is 1. The maximum Gasteiger partial charge on any atom is 0.343 e. The minimum atomic E-state index is -0.635. The number of nitrogens with one attached hydrogen (secondary N) is 1. The van der Waals surface area contributed by atoms with Crippen molar-refractivity contribution in [3.63, 3.8) is 0 Å². The van der Waals surface area contributed by atoms with Crippen LogP contribution in [0.5, 0.6) is 0 Å². The van der Waals surface area contributed by atoms with Crippen molar-refractivity contribution in [3.05, 3.63) is 40.6 Å². The third kappa shape index (κ3) is 3.87. The number of hydrogen-bond donors (Lipinski definition) is 2. The molecule has 0 atom stereocenters. The van der Waals surface area contributed by atoms with Gasteiger partial charge in [0.1, 0.15) is 10.6 Å². The van der Waals surface area contributed by atoms with Crippen LogP contribution in [-0.2, 0) is 16.0 Å². The molecule has 6 nitrogen and oxygen atoms in total. The summed E-state index contributed by atoms with van der Waals surface area (Å²) in [5.74, 6) is -1.02. The number of amides is 1. The summed E-state index contributed by atoms with van der Waals surface area (Å²) in [5.41, 5.74) is 9.18. The summed E-state index contributed by atoms with van der Waals surface area (Å²) < 4.78 is 9.01. The Morgan fingerprint density at radius 2 is 2.09 bits per heavy atom. The number of anilines is 2. The van der Waals surface area contributed by atoms with Crippen molar-refractivity contribution in [1.82, 2.24) is 4.37 Å². The summed E-state index contributed by atoms with van der Waals surface area (Å²) in [6, 6.07) is 5.82. The number of carbonyl (C=O) groups is 2. The van der Waals surface area contributed by atoms with Crippen molar-refractivity contribution in [2.24, 2.45) is 0 Å². The highest BCUT2D eigenvalue weighted by molar-refractivity contribution is 7.10. The van der Waals surface area contributed by atoms with E-state index in [1.807, 2.05) is 32.0 Å². The van der Waals surface area contributed by atoms with E-state index >= 15 is 0 Å². The number of para-hydroxylation sites is 1. The fraction of sp³-hybridized carbons (Fsp3) is 0.312. The van der Waals surface area contributed by atoms with E-state index in [9.17, 15) is 9.59 Å². The highest BCUT2D eigenvalue weighted by Gasteiger charge is 2.19. The Bertz CT molecular complexity index is 721. The number of aromatic nitrogens is 1. The molecule has 1 aromatic heterocycles. The number of esters is 1. The van der Waals surface area contributed by atoms with E-state index < -0.39 is 5.97 Å². The van der Waals surface area contributed by atoms with Crippen LogP contribution < -0.4 is 11.1 Å². The Kier molecular flexibility index (Phi) is 5.33. The lowest BCUT2D eigenvalue weighted by Crippen LogP contribution is -2.22. The second kappa shape index (κ2) is 7.23. The molecule has 0 radical (unpaired) electrons. The lowest BCUT2D eigenvalue weighted by atomic mass is 10.1. The van der Waals surface area contributed by atoms with Crippen LogP contribution in [0.15, 0.2) is 18.2 Å². The average Bonchev–Trinajstić information content (AvgIpc) is 2.86. The normalized spacial score (nSPS) is 10.4. The second-order valence-corrected chi connectivity index (χ2v) is 5.90. The molecule has 7 heteroatoms. The van der Waals surface area contributed by atoms with E-state index in [0.717, 1.165) is 34.8 Å². The number of nitrogens with two attached hydrogens (primary N) is 1. The number of aryl methyl sites for hydroxylation is 3. The van der Waals surface area contributed by atoms with Gasteiger partial charge in [-0.1, -0.05) is 25.1 Å². The quantitative estimate of drug-likeness (QED) is 0.820. The Hall–Kier alpha value is -2.41. The Morgan fingerprint density at radius 3 is 2.70 bits per heavy atom. The van der Waals surface area contributed by atoms with E-state index in [1.54, 1.807) is 6.92 Å². The molecule has 3 N–H and O–H groups in total. The van der Waals surface area contributed by atoms with E-state index in [4.69, 9.17) is 10.5 Å². The van der Waals surface area contributed by atoms with E-state index in [-0.39, 0.29) is 18.1 Å². The number of hydrogen-bond acceptors (Lipinski definition) is 6. The van der Waals surface area contributed by atoms with Gasteiger partial charge in [0.05, 0.1) is 5.69 Å². The fourth-order valence-corrected chi connectivity index (χ4v) is 2.87. The van der Waals surface area contributed by atoms with Crippen LogP contribution in [0.4, 0.5) is 10.7 Å². The molecule has 1 amide bonds. The summed E-state index contributed by atoms with van der Waals surface area (Å²) in [4.78, 5) is 24.0. The van der Waals surface area contributed by atoms with Gasteiger partial charge in [-0.05, 0) is 42.9 Å². The molecule has 0 unspecified atom stereocenters. The van der Waals surface area contributed by atoms with Gasteiger partial charge < -0.3 is 15.8 Å². The summed E-state index contributed by atoms with van der Waals surface area (Å²) in [6.45, 7) is 5.23. The molecule has 0 saturated heterocycles. The van der Waals surface area contributed by atoms with Crippen molar-refractivity contribution in [2.75, 3.05) is 17.7 Å². The molecule has 0 bridgehead atoms. The van der Waals surface area contributed by atoms with Crippen LogP contribution in [0.2, 0.25) is 0 Å². The third-order valence-corrected chi connectivity index (χ3v) is 4.20. The number of nitrogen functional groups attached to an aromatic ring is 1. The van der Waals surface area contributed by atoms with Crippen LogP contribution >= 0.6 is 11.5 Å². The maximum atomic E-state index is 12.0. The Labute approximate surface area is 138 Å². The van der Waals surface area contributed by atoms with Gasteiger partial charge in [-0.3, -0.25) is 4.79 Å². The molecule has 1 heterocycles. The van der Waals surface area contributed by atoms with Crippen LogP contribution in [-0.4, -0.2) is 22.9 Å². The van der Waals surface area contributed by atoms with Gasteiger partial charge in [-0.2, -0.15) is 4.37 Å². The molecule has 2 aromatic rings. The zero-order valence-corrected chi connectivity index (χ0v) is 14.1. The lowest BCUT2D eigenvalue weighted by Gasteiger charge is -2.13. The van der Waals surface area contributed by atoms with Crippen LogP contribution in [0, 0.1) is 13.8 Å². The van der Waals surface area contributed by atoms with E-state index in [0.29, 0.717) is 10.7 Å². The van der Waals surface area contributed by atoms with Crippen LogP contribution in [0.3, 0.4) is 0 Å². The highest BCUT2D eigenvalue weighted by Crippen LogP contribution is 2.22. The summed E-state index contributed by atoms with van der Waals surface area (Å²) in [5, 5.41) is 3.09. The van der Waals surface area contributed by atoms with Gasteiger partial charge in [-0.25, -0.2) is 4.79 Å². The molecule has 0 aliphatic heterocycles. The minimum Gasteiger partial charge on any atom is -0.452 e. The largest absolute Gasteiger partial charge is 0.452 e. The number of ether oxygens (including phenoxy) is 1. The topological polar surface area (TPSA) is 94.3 Å². The molecule has 1 aromatic carbocycles. The van der Waals surface area contributed by atoms with E-state index in [2.05, 4.69) is 9.69 Å². The van der Waals surface area contributed by atoms with Gasteiger partial charge in [0.2, 0.25) is 0 Å². The van der Waals surface area contributed by atoms with Crippen molar-refractivity contribution >= 4 is 34.1 Å². The van der Waals surface area contributed by atoms with Gasteiger partial charge in [0.15, 0.2) is 6.61 Å². The van der Waals surface area contributed by atoms with Crippen LogP contribution in [0.25, 0.3) is 0 Å². The second-order valence-electron chi connectivity index (χ2n) is 5.09. The number of rotatable bonds is 5. The summed E-state index contributed by atoms with van der Waals surface area (Å²) in [7, 11) is 0. The fourth-order valence-electron chi connectivity index (χ4n) is 2.22. The molecular formula is C16H19N3O3S. The average molecular weight is 333 g/mol. The molecule has 23 heavy (non-hydrogen) atoms. The molecule has 122 valence electrons. The summed E-state index contributed by atoms with van der Waals surface area (Å²) >= 11 is 1.03. The Morgan fingerprint density at radius 1 is 1.35 bits per heavy atom. The van der Waals surface area contributed by atoms with Crippen molar-refractivity contribution in [2.45, 2.75) is 27.2 Å². The van der Waals surface area contributed by atoms with Gasteiger partial charge >= 0.3 is 5.97 Å². The van der Waals surface area contributed by atoms with Gasteiger partial charge in [-0.15, -0.1) is 0 Å². The highest BCUT2D eigenvalue weighted by atomic mass is 32.1. The summed E-state index contributed by atoms with van der Waals surface area (Å²) in [6.07, 6.45) is 0.799. The number of carbonyl (C=O) groups excluding carboxylic acids is 2. The van der Waals surface area contributed by atoms with E-state index in [1.165, 1.54) is 0 Å². The lowest BCUT2D eigenvalue weighted by molar-refractivity contribution is -0.119. The first kappa shape index (κ1) is 17.0. The predicted octanol–water partition coefficient (Wildman–Crippen LogP) is 2.70. The molecule has 2 rings (SSSR count). The molecule has 0 fully saturated rings. The Balaban J connectivity index is 2.00. The first-order valence-electron chi connectivity index (χ1n) is 7.21. The smallest absolute Gasteiger partial charge is 0.343 e. The molecule has 0 aliphatic carbocycles. The van der Waals surface area contributed by atoms with Crippen LogP contribution in [0.1, 0.15) is 34.1 Å². The number of benzene rings is 1. The molecule has 0 aliphatic rings. The predicted molar refractivity (Wildman–Crippen MR) is 90.7 cm³/mol.